The van der Waals surface area contributed by atoms with Crippen molar-refractivity contribution in [2.75, 3.05) is 0 Å². The van der Waals surface area contributed by atoms with Crippen LogP contribution in [0.25, 0.3) is 0 Å². The highest BCUT2D eigenvalue weighted by atomic mass is 15.1. The molecule has 0 spiro atoms. The highest BCUT2D eigenvalue weighted by Crippen LogP contribution is 2.18. The molecule has 1 aromatic heterocycles. The smallest absolute Gasteiger partial charge is 0.122 e. The van der Waals surface area contributed by atoms with Crippen LogP contribution in [-0.2, 0) is 13.1 Å². The monoisotopic (exact) mass is 193 g/mol. The Hall–Kier alpha value is -0.830. The molecule has 1 saturated carbocycles. The summed E-state index contributed by atoms with van der Waals surface area (Å²) in [5.41, 5.74) is 0. The topological polar surface area (TPSA) is 29.9 Å². The van der Waals surface area contributed by atoms with E-state index in [-0.39, 0.29) is 0 Å². The number of imidazole rings is 1. The Kier molecular flexibility index (Phi) is 3.19. The van der Waals surface area contributed by atoms with Crippen LogP contribution in [0, 0.1) is 0 Å². The van der Waals surface area contributed by atoms with Gasteiger partial charge in [-0.05, 0) is 19.3 Å². The number of nitrogens with zero attached hydrogens (tertiary/aromatic N) is 2. The van der Waals surface area contributed by atoms with Gasteiger partial charge in [0.05, 0.1) is 6.54 Å². The van der Waals surface area contributed by atoms with Gasteiger partial charge in [0.2, 0.25) is 0 Å². The molecule has 0 unspecified atom stereocenters. The van der Waals surface area contributed by atoms with Crippen LogP contribution < -0.4 is 5.32 Å². The molecule has 78 valence electrons. The lowest BCUT2D eigenvalue weighted by Gasteiger charge is -2.26. The number of hydrogen-bond acceptors (Lipinski definition) is 2. The van der Waals surface area contributed by atoms with E-state index in [0.717, 1.165) is 19.1 Å². The van der Waals surface area contributed by atoms with Gasteiger partial charge in [-0.25, -0.2) is 4.98 Å². The standard InChI is InChI=1S/C11H19N3/c1-2-7-14-8-6-12-11(14)9-13-10-4-3-5-10/h6,8,10,13H,2-5,7,9H2,1H3. The van der Waals surface area contributed by atoms with Gasteiger partial charge in [-0.3, -0.25) is 0 Å². The Morgan fingerprint density at radius 1 is 1.57 bits per heavy atom. The number of rotatable bonds is 5. The molecule has 3 heteroatoms. The van der Waals surface area contributed by atoms with Crippen molar-refractivity contribution in [3.8, 4) is 0 Å². The molecule has 1 heterocycles. The minimum absolute atomic E-state index is 0.752. The first kappa shape index (κ1) is 9.71. The predicted molar refractivity (Wildman–Crippen MR) is 57.0 cm³/mol. The fraction of sp³-hybridized carbons (Fsp3) is 0.727. The van der Waals surface area contributed by atoms with Gasteiger partial charge in [-0.15, -0.1) is 0 Å². The molecule has 0 saturated heterocycles. The second kappa shape index (κ2) is 4.60. The molecule has 3 nitrogen and oxygen atoms in total. The molecule has 0 aromatic carbocycles. The second-order valence-corrected chi connectivity index (χ2v) is 4.05. The van der Waals surface area contributed by atoms with Crippen molar-refractivity contribution in [3.63, 3.8) is 0 Å². The maximum atomic E-state index is 4.37. The van der Waals surface area contributed by atoms with E-state index in [1.165, 1.54) is 31.5 Å². The Morgan fingerprint density at radius 2 is 2.43 bits per heavy atom. The Morgan fingerprint density at radius 3 is 3.07 bits per heavy atom. The Balaban J connectivity index is 1.84. The van der Waals surface area contributed by atoms with Gasteiger partial charge >= 0.3 is 0 Å². The zero-order valence-electron chi connectivity index (χ0n) is 8.87. The van der Waals surface area contributed by atoms with Crippen LogP contribution in [-0.4, -0.2) is 15.6 Å². The van der Waals surface area contributed by atoms with Gasteiger partial charge in [0.1, 0.15) is 5.82 Å². The molecule has 1 aliphatic carbocycles. The first-order chi connectivity index (χ1) is 6.90. The van der Waals surface area contributed by atoms with Crippen molar-refractivity contribution in [2.24, 2.45) is 0 Å². The zero-order valence-corrected chi connectivity index (χ0v) is 8.87. The van der Waals surface area contributed by atoms with Crippen LogP contribution in [0.2, 0.25) is 0 Å². The highest BCUT2D eigenvalue weighted by molar-refractivity contribution is 4.93. The Bertz CT molecular complexity index is 276. The van der Waals surface area contributed by atoms with Crippen LogP contribution >= 0.6 is 0 Å². The quantitative estimate of drug-likeness (QED) is 0.774. The lowest BCUT2D eigenvalue weighted by Crippen LogP contribution is -2.35. The molecule has 2 rings (SSSR count). The minimum atomic E-state index is 0.752. The lowest BCUT2D eigenvalue weighted by molar-refractivity contribution is 0.333. The van der Waals surface area contributed by atoms with Gasteiger partial charge in [-0.1, -0.05) is 13.3 Å². The van der Waals surface area contributed by atoms with E-state index in [0.29, 0.717) is 0 Å². The molecular weight excluding hydrogens is 174 g/mol. The van der Waals surface area contributed by atoms with Gasteiger partial charge in [0, 0.05) is 25.0 Å². The predicted octanol–water partition coefficient (Wildman–Crippen LogP) is 1.94. The molecule has 1 fully saturated rings. The summed E-state index contributed by atoms with van der Waals surface area (Å²) in [6.45, 7) is 4.21. The van der Waals surface area contributed by atoms with E-state index in [4.69, 9.17) is 0 Å². The normalized spacial score (nSPS) is 16.9. The third-order valence-corrected chi connectivity index (χ3v) is 2.92. The molecular formula is C11H19N3. The summed E-state index contributed by atoms with van der Waals surface area (Å²) in [6, 6.07) is 0.752. The summed E-state index contributed by atoms with van der Waals surface area (Å²) in [5, 5.41) is 3.54. The molecule has 0 bridgehead atoms. The highest BCUT2D eigenvalue weighted by Gasteiger charge is 2.16. The van der Waals surface area contributed by atoms with Gasteiger partial charge in [0.15, 0.2) is 0 Å². The molecule has 1 aliphatic rings. The average molecular weight is 193 g/mol. The third-order valence-electron chi connectivity index (χ3n) is 2.92. The summed E-state index contributed by atoms with van der Waals surface area (Å²) >= 11 is 0. The Labute approximate surface area is 85.5 Å². The first-order valence-electron chi connectivity index (χ1n) is 5.63. The van der Waals surface area contributed by atoms with Crippen LogP contribution in [0.4, 0.5) is 0 Å². The van der Waals surface area contributed by atoms with Crippen LogP contribution in [0.1, 0.15) is 38.4 Å². The third kappa shape index (κ3) is 2.15. The number of nitrogens with one attached hydrogen (secondary N) is 1. The zero-order chi connectivity index (χ0) is 9.80. The van der Waals surface area contributed by atoms with E-state index in [1.807, 2.05) is 6.20 Å². The number of aromatic nitrogens is 2. The van der Waals surface area contributed by atoms with E-state index >= 15 is 0 Å². The number of hydrogen-bond donors (Lipinski definition) is 1. The van der Waals surface area contributed by atoms with Crippen LogP contribution in [0.5, 0.6) is 0 Å². The fourth-order valence-corrected chi connectivity index (χ4v) is 1.80. The summed E-state index contributed by atoms with van der Waals surface area (Å²) < 4.78 is 2.24. The van der Waals surface area contributed by atoms with Crippen molar-refractivity contribution in [2.45, 2.75) is 51.7 Å². The average Bonchev–Trinajstić information content (AvgIpc) is 2.51. The lowest BCUT2D eigenvalue weighted by atomic mass is 9.93. The second-order valence-electron chi connectivity index (χ2n) is 4.05. The van der Waals surface area contributed by atoms with E-state index in [1.54, 1.807) is 0 Å². The maximum Gasteiger partial charge on any atom is 0.122 e. The molecule has 0 aliphatic heterocycles. The first-order valence-corrected chi connectivity index (χ1v) is 5.63. The van der Waals surface area contributed by atoms with Gasteiger partial charge in [0.25, 0.3) is 0 Å². The molecule has 0 amide bonds. The van der Waals surface area contributed by atoms with E-state index in [2.05, 4.69) is 28.0 Å². The van der Waals surface area contributed by atoms with Gasteiger partial charge in [-0.2, -0.15) is 0 Å². The summed E-state index contributed by atoms with van der Waals surface area (Å²) in [6.07, 6.45) is 9.21. The minimum Gasteiger partial charge on any atom is -0.334 e. The van der Waals surface area contributed by atoms with Crippen LogP contribution in [0.15, 0.2) is 12.4 Å². The molecule has 14 heavy (non-hydrogen) atoms. The summed E-state index contributed by atoms with van der Waals surface area (Å²) in [4.78, 5) is 4.37. The van der Waals surface area contributed by atoms with Crippen molar-refractivity contribution in [1.82, 2.24) is 14.9 Å². The van der Waals surface area contributed by atoms with Crippen molar-refractivity contribution < 1.29 is 0 Å². The molecule has 0 radical (unpaired) electrons. The fourth-order valence-electron chi connectivity index (χ4n) is 1.80. The molecule has 0 atom stereocenters. The molecule has 1 N–H and O–H groups in total. The maximum absolute atomic E-state index is 4.37. The van der Waals surface area contributed by atoms with Gasteiger partial charge < -0.3 is 9.88 Å². The van der Waals surface area contributed by atoms with Crippen LogP contribution in [0.3, 0.4) is 0 Å². The van der Waals surface area contributed by atoms with E-state index in [9.17, 15) is 0 Å². The number of aryl methyl sites for hydroxylation is 1. The van der Waals surface area contributed by atoms with Crippen molar-refractivity contribution >= 4 is 0 Å². The molecule has 1 aromatic rings. The summed E-state index contributed by atoms with van der Waals surface area (Å²) in [5.74, 6) is 1.18. The SMILES string of the molecule is CCCn1ccnc1CNC1CCC1. The largest absolute Gasteiger partial charge is 0.334 e. The van der Waals surface area contributed by atoms with E-state index < -0.39 is 0 Å². The van der Waals surface area contributed by atoms with Crippen molar-refractivity contribution in [3.05, 3.63) is 18.2 Å². The van der Waals surface area contributed by atoms with Crippen molar-refractivity contribution in [1.29, 1.82) is 0 Å². The summed E-state index contributed by atoms with van der Waals surface area (Å²) in [7, 11) is 0.